The fourth-order valence-electron chi connectivity index (χ4n) is 1.14. The van der Waals surface area contributed by atoms with Crippen LogP contribution in [0, 0.1) is 0 Å². The van der Waals surface area contributed by atoms with E-state index in [2.05, 4.69) is 26.2 Å². The Kier molecular flexibility index (Phi) is 3.28. The zero-order valence-corrected chi connectivity index (χ0v) is 10.2. The van der Waals surface area contributed by atoms with Crippen molar-refractivity contribution in [3.8, 4) is 0 Å². The Hall–Kier alpha value is -0.470. The van der Waals surface area contributed by atoms with Gasteiger partial charge in [-0.1, -0.05) is 5.21 Å². The molecule has 0 aliphatic heterocycles. The van der Waals surface area contributed by atoms with Crippen molar-refractivity contribution in [2.75, 3.05) is 12.0 Å². The molecule has 6 nitrogen and oxygen atoms in total. The van der Waals surface area contributed by atoms with E-state index in [9.17, 15) is 8.42 Å². The van der Waals surface area contributed by atoms with Crippen LogP contribution in [0.4, 0.5) is 0 Å². The van der Waals surface area contributed by atoms with E-state index < -0.39 is 15.9 Å². The minimum absolute atomic E-state index is 0.118. The fourth-order valence-corrected chi connectivity index (χ4v) is 2.57. The number of aromatic nitrogens is 3. The number of nitrogens with zero attached hydrogens (tertiary/aromatic N) is 3. The molecule has 0 bridgehead atoms. The van der Waals surface area contributed by atoms with Crippen molar-refractivity contribution in [2.45, 2.75) is 6.04 Å². The molecule has 1 unspecified atom stereocenters. The molecule has 0 saturated carbocycles. The van der Waals surface area contributed by atoms with E-state index in [1.807, 2.05) is 0 Å². The van der Waals surface area contributed by atoms with Crippen LogP contribution in [0.25, 0.3) is 0 Å². The highest BCUT2D eigenvalue weighted by atomic mass is 79.9. The zero-order chi connectivity index (χ0) is 10.9. The molecule has 0 amide bonds. The summed E-state index contributed by atoms with van der Waals surface area (Å²) in [5, 5.41) is 7.43. The molecule has 0 aromatic carbocycles. The lowest BCUT2D eigenvalue weighted by Gasteiger charge is -2.09. The number of rotatable bonds is 3. The zero-order valence-electron chi connectivity index (χ0n) is 7.81. The maximum absolute atomic E-state index is 11.0. The van der Waals surface area contributed by atoms with Crippen LogP contribution in [0.1, 0.15) is 11.7 Å². The van der Waals surface area contributed by atoms with E-state index in [1.165, 1.54) is 4.68 Å². The normalized spacial score (nSPS) is 14.3. The molecule has 0 aliphatic carbocycles. The summed E-state index contributed by atoms with van der Waals surface area (Å²) < 4.78 is 24.0. The second kappa shape index (κ2) is 3.95. The van der Waals surface area contributed by atoms with Gasteiger partial charge in [-0.25, -0.2) is 13.1 Å². The quantitative estimate of drug-likeness (QED) is 0.816. The Morgan fingerprint density at radius 2 is 2.21 bits per heavy atom. The number of sulfone groups is 1. The van der Waals surface area contributed by atoms with Gasteiger partial charge in [0, 0.05) is 13.3 Å². The smallest absolute Gasteiger partial charge is 0.153 e. The molecule has 1 atom stereocenters. The Morgan fingerprint density at radius 3 is 2.57 bits per heavy atom. The van der Waals surface area contributed by atoms with Gasteiger partial charge in [0.15, 0.2) is 4.60 Å². The highest BCUT2D eigenvalue weighted by Gasteiger charge is 2.20. The number of aryl methyl sites for hydroxylation is 1. The second-order valence-corrected chi connectivity index (χ2v) is 6.02. The van der Waals surface area contributed by atoms with Crippen LogP contribution in [0.5, 0.6) is 0 Å². The Morgan fingerprint density at radius 1 is 1.64 bits per heavy atom. The minimum atomic E-state index is -3.10. The first-order valence-corrected chi connectivity index (χ1v) is 6.65. The first kappa shape index (κ1) is 11.6. The molecular formula is C6H11BrN4O2S. The first-order chi connectivity index (χ1) is 6.31. The third-order valence-corrected chi connectivity index (χ3v) is 3.19. The van der Waals surface area contributed by atoms with Gasteiger partial charge in [0.05, 0.1) is 17.5 Å². The van der Waals surface area contributed by atoms with Crippen molar-refractivity contribution < 1.29 is 8.42 Å². The average molecular weight is 283 g/mol. The molecule has 80 valence electrons. The molecule has 14 heavy (non-hydrogen) atoms. The predicted molar refractivity (Wildman–Crippen MR) is 55.3 cm³/mol. The lowest BCUT2D eigenvalue weighted by Crippen LogP contribution is -2.23. The molecule has 0 radical (unpaired) electrons. The summed E-state index contributed by atoms with van der Waals surface area (Å²) in [7, 11) is -1.44. The SMILES string of the molecule is Cn1nnc(Br)c1C(N)CS(C)(=O)=O. The largest absolute Gasteiger partial charge is 0.322 e. The number of nitrogens with two attached hydrogens (primary N) is 1. The maximum Gasteiger partial charge on any atom is 0.153 e. The lowest BCUT2D eigenvalue weighted by atomic mass is 10.3. The summed E-state index contributed by atoms with van der Waals surface area (Å²) in [6.07, 6.45) is 1.14. The molecule has 1 heterocycles. The minimum Gasteiger partial charge on any atom is -0.322 e. The lowest BCUT2D eigenvalue weighted by molar-refractivity contribution is 0.585. The van der Waals surface area contributed by atoms with Crippen molar-refractivity contribution in [1.82, 2.24) is 15.0 Å². The number of halogens is 1. The van der Waals surface area contributed by atoms with Crippen molar-refractivity contribution in [3.05, 3.63) is 10.3 Å². The summed E-state index contributed by atoms with van der Waals surface area (Å²) in [5.41, 5.74) is 6.30. The summed E-state index contributed by atoms with van der Waals surface area (Å²) in [4.78, 5) is 0. The Bertz CT molecular complexity index is 408. The molecule has 0 fully saturated rings. The third-order valence-electron chi connectivity index (χ3n) is 1.66. The maximum atomic E-state index is 11.0. The van der Waals surface area contributed by atoms with E-state index in [1.54, 1.807) is 7.05 Å². The molecule has 0 aliphatic rings. The van der Waals surface area contributed by atoms with Crippen LogP contribution >= 0.6 is 15.9 Å². The van der Waals surface area contributed by atoms with E-state index >= 15 is 0 Å². The van der Waals surface area contributed by atoms with Gasteiger partial charge >= 0.3 is 0 Å². The van der Waals surface area contributed by atoms with Crippen LogP contribution in [0.3, 0.4) is 0 Å². The highest BCUT2D eigenvalue weighted by molar-refractivity contribution is 9.10. The summed E-state index contributed by atoms with van der Waals surface area (Å²) in [6.45, 7) is 0. The third kappa shape index (κ3) is 2.76. The van der Waals surface area contributed by atoms with Gasteiger partial charge in [-0.15, -0.1) is 5.10 Å². The fraction of sp³-hybridized carbons (Fsp3) is 0.667. The van der Waals surface area contributed by atoms with Crippen molar-refractivity contribution in [3.63, 3.8) is 0 Å². The van der Waals surface area contributed by atoms with E-state index in [-0.39, 0.29) is 5.75 Å². The standard InChI is InChI=1S/C6H11BrN4O2S/c1-11-5(6(7)9-10-11)4(8)3-14(2,12)13/h4H,3,8H2,1-2H3. The summed E-state index contributed by atoms with van der Waals surface area (Å²) >= 11 is 3.16. The molecule has 1 aromatic rings. The summed E-state index contributed by atoms with van der Waals surface area (Å²) in [5.74, 6) is -0.118. The van der Waals surface area contributed by atoms with Gasteiger partial charge in [-0.05, 0) is 15.9 Å². The van der Waals surface area contributed by atoms with Crippen LogP contribution < -0.4 is 5.73 Å². The second-order valence-electron chi connectivity index (χ2n) is 3.09. The van der Waals surface area contributed by atoms with Gasteiger partial charge in [-0.3, -0.25) is 0 Å². The van der Waals surface area contributed by atoms with Crippen molar-refractivity contribution >= 4 is 25.8 Å². The molecule has 2 N–H and O–H groups in total. The monoisotopic (exact) mass is 282 g/mol. The van der Waals surface area contributed by atoms with Crippen LogP contribution in [0.2, 0.25) is 0 Å². The molecular weight excluding hydrogens is 272 g/mol. The van der Waals surface area contributed by atoms with Gasteiger partial charge in [0.2, 0.25) is 0 Å². The van der Waals surface area contributed by atoms with Crippen LogP contribution in [0.15, 0.2) is 4.60 Å². The van der Waals surface area contributed by atoms with Crippen LogP contribution in [-0.4, -0.2) is 35.4 Å². The van der Waals surface area contributed by atoms with Gasteiger partial charge < -0.3 is 5.73 Å². The van der Waals surface area contributed by atoms with Gasteiger partial charge in [0.25, 0.3) is 0 Å². The van der Waals surface area contributed by atoms with Gasteiger partial charge in [-0.2, -0.15) is 0 Å². The predicted octanol–water partition coefficient (Wildman–Crippen LogP) is -0.378. The molecule has 0 spiro atoms. The number of hydrogen-bond acceptors (Lipinski definition) is 5. The Labute approximate surface area is 90.5 Å². The first-order valence-electron chi connectivity index (χ1n) is 3.79. The molecule has 0 saturated heterocycles. The molecule has 1 rings (SSSR count). The topological polar surface area (TPSA) is 90.9 Å². The Balaban J connectivity index is 2.95. The average Bonchev–Trinajstić information content (AvgIpc) is 2.27. The van der Waals surface area contributed by atoms with E-state index in [4.69, 9.17) is 5.73 Å². The van der Waals surface area contributed by atoms with Crippen molar-refractivity contribution in [1.29, 1.82) is 0 Å². The molecule has 8 heteroatoms. The van der Waals surface area contributed by atoms with Gasteiger partial charge in [0.1, 0.15) is 9.84 Å². The van der Waals surface area contributed by atoms with E-state index in [0.717, 1.165) is 6.26 Å². The van der Waals surface area contributed by atoms with E-state index in [0.29, 0.717) is 10.3 Å². The van der Waals surface area contributed by atoms with Crippen LogP contribution in [-0.2, 0) is 16.9 Å². The summed E-state index contributed by atoms with van der Waals surface area (Å²) in [6, 6.07) is -0.612. The molecule has 1 aromatic heterocycles. The van der Waals surface area contributed by atoms with Crippen molar-refractivity contribution in [2.24, 2.45) is 12.8 Å². The number of hydrogen-bond donors (Lipinski definition) is 1. The highest BCUT2D eigenvalue weighted by Crippen LogP contribution is 2.19.